The van der Waals surface area contributed by atoms with Gasteiger partial charge >= 0.3 is 0 Å². The molecule has 4 heteroatoms. The molecule has 1 aliphatic rings. The third-order valence-corrected chi connectivity index (χ3v) is 4.23. The minimum absolute atomic E-state index is 0.173. The minimum Gasteiger partial charge on any atom is -0.386 e. The maximum atomic E-state index is 13.9. The topological polar surface area (TPSA) is 32.3 Å². The summed E-state index contributed by atoms with van der Waals surface area (Å²) in [4.78, 5) is 0. The molecule has 2 nitrogen and oxygen atoms in total. The largest absolute Gasteiger partial charge is 0.386 e. The monoisotopic (exact) mass is 335 g/mol. The number of aliphatic hydroxyl groups is 1. The van der Waals surface area contributed by atoms with E-state index >= 15 is 0 Å². The molecule has 1 heterocycles. The van der Waals surface area contributed by atoms with E-state index in [-0.39, 0.29) is 11.9 Å². The lowest BCUT2D eigenvalue weighted by atomic mass is 9.91. The van der Waals surface area contributed by atoms with Gasteiger partial charge in [-0.25, -0.2) is 4.39 Å². The maximum absolute atomic E-state index is 13.9. The molecule has 0 saturated heterocycles. The van der Waals surface area contributed by atoms with Gasteiger partial charge in [0.2, 0.25) is 0 Å². The second-order valence-corrected chi connectivity index (χ2v) is 5.97. The van der Waals surface area contributed by atoms with Crippen LogP contribution in [0.15, 0.2) is 46.9 Å². The van der Waals surface area contributed by atoms with Crippen LogP contribution >= 0.6 is 15.9 Å². The second-order valence-electron chi connectivity index (χ2n) is 5.06. The minimum atomic E-state index is -0.860. The molecule has 0 spiro atoms. The van der Waals surface area contributed by atoms with Gasteiger partial charge < -0.3 is 10.4 Å². The van der Waals surface area contributed by atoms with E-state index in [1.54, 1.807) is 12.1 Å². The van der Waals surface area contributed by atoms with Crippen LogP contribution in [0.1, 0.15) is 23.7 Å². The van der Waals surface area contributed by atoms with Crippen molar-refractivity contribution in [2.45, 2.75) is 25.0 Å². The molecular weight excluding hydrogens is 321 g/mol. The number of para-hydroxylation sites is 1. The summed E-state index contributed by atoms with van der Waals surface area (Å²) in [6.07, 6.45) is 0.811. The summed E-state index contributed by atoms with van der Waals surface area (Å²) in [7, 11) is 0. The summed E-state index contributed by atoms with van der Waals surface area (Å²) in [5.41, 5.74) is 2.60. The fourth-order valence-corrected chi connectivity index (χ4v) is 3.04. The second kappa shape index (κ2) is 5.54. The number of halogens is 2. The molecule has 0 aliphatic carbocycles. The Hall–Kier alpha value is -1.39. The standard InChI is InChI=1S/C16H15BrFNO/c17-11-6-7-13(18)12(9-11)16(20)15-8-5-10-3-1-2-4-14(10)19-15/h1-4,6-7,9,15-16,19-20H,5,8H2. The number of anilines is 1. The van der Waals surface area contributed by atoms with Gasteiger partial charge in [-0.1, -0.05) is 34.1 Å². The molecule has 0 saturated carbocycles. The number of hydrogen-bond acceptors (Lipinski definition) is 2. The number of aryl methyl sites for hydroxylation is 1. The van der Waals surface area contributed by atoms with Gasteiger partial charge in [-0.2, -0.15) is 0 Å². The van der Waals surface area contributed by atoms with Crippen LogP contribution in [0, 0.1) is 5.82 Å². The fraction of sp³-hybridized carbons (Fsp3) is 0.250. The lowest BCUT2D eigenvalue weighted by molar-refractivity contribution is 0.144. The molecule has 2 atom stereocenters. The first-order valence-corrected chi connectivity index (χ1v) is 7.42. The van der Waals surface area contributed by atoms with Crippen molar-refractivity contribution in [2.75, 3.05) is 5.32 Å². The normalized spacial score (nSPS) is 19.1. The SMILES string of the molecule is OC(c1cc(Br)ccc1F)C1CCc2ccccc2N1. The van der Waals surface area contributed by atoms with Crippen LogP contribution in [-0.2, 0) is 6.42 Å². The van der Waals surface area contributed by atoms with Crippen LogP contribution < -0.4 is 5.32 Å². The molecule has 1 aliphatic heterocycles. The molecule has 2 aromatic carbocycles. The zero-order valence-corrected chi connectivity index (χ0v) is 12.4. The van der Waals surface area contributed by atoms with E-state index in [2.05, 4.69) is 27.3 Å². The van der Waals surface area contributed by atoms with Gasteiger partial charge in [-0.05, 0) is 42.7 Å². The van der Waals surface area contributed by atoms with Crippen LogP contribution in [0.4, 0.5) is 10.1 Å². The Morgan fingerprint density at radius 2 is 2.05 bits per heavy atom. The molecule has 0 aromatic heterocycles. The van der Waals surface area contributed by atoms with Crippen molar-refractivity contribution in [3.63, 3.8) is 0 Å². The highest BCUT2D eigenvalue weighted by Gasteiger charge is 2.27. The number of rotatable bonds is 2. The van der Waals surface area contributed by atoms with Crippen molar-refractivity contribution in [2.24, 2.45) is 0 Å². The van der Waals surface area contributed by atoms with Gasteiger partial charge in [0.15, 0.2) is 0 Å². The van der Waals surface area contributed by atoms with Crippen LogP contribution in [0.25, 0.3) is 0 Å². The van der Waals surface area contributed by atoms with E-state index in [1.165, 1.54) is 11.6 Å². The molecule has 20 heavy (non-hydrogen) atoms. The predicted octanol–water partition coefficient (Wildman–Crippen LogP) is 4.05. The number of fused-ring (bicyclic) bond motifs is 1. The van der Waals surface area contributed by atoms with Crippen LogP contribution in [0.5, 0.6) is 0 Å². The van der Waals surface area contributed by atoms with Crippen molar-refractivity contribution in [3.8, 4) is 0 Å². The van der Waals surface area contributed by atoms with E-state index in [9.17, 15) is 9.50 Å². The van der Waals surface area contributed by atoms with Gasteiger partial charge in [0, 0.05) is 15.7 Å². The highest BCUT2D eigenvalue weighted by molar-refractivity contribution is 9.10. The van der Waals surface area contributed by atoms with Crippen LogP contribution in [0.2, 0.25) is 0 Å². The average molecular weight is 336 g/mol. The number of nitrogens with one attached hydrogen (secondary N) is 1. The highest BCUT2D eigenvalue weighted by atomic mass is 79.9. The third kappa shape index (κ3) is 2.58. The van der Waals surface area contributed by atoms with Crippen molar-refractivity contribution in [3.05, 3.63) is 63.9 Å². The molecule has 2 unspecified atom stereocenters. The van der Waals surface area contributed by atoms with Gasteiger partial charge in [0.05, 0.1) is 6.04 Å². The van der Waals surface area contributed by atoms with E-state index in [1.807, 2.05) is 18.2 Å². The zero-order chi connectivity index (χ0) is 14.1. The number of aliphatic hydroxyl groups excluding tert-OH is 1. The van der Waals surface area contributed by atoms with E-state index in [0.717, 1.165) is 23.0 Å². The Bertz CT molecular complexity index is 632. The van der Waals surface area contributed by atoms with Crippen molar-refractivity contribution < 1.29 is 9.50 Å². The summed E-state index contributed by atoms with van der Waals surface area (Å²) in [6.45, 7) is 0. The first-order chi connectivity index (χ1) is 9.65. The molecule has 104 valence electrons. The van der Waals surface area contributed by atoms with Crippen molar-refractivity contribution in [1.82, 2.24) is 0 Å². The predicted molar refractivity (Wildman–Crippen MR) is 81.2 cm³/mol. The Morgan fingerprint density at radius 1 is 1.25 bits per heavy atom. The highest BCUT2D eigenvalue weighted by Crippen LogP contribution is 2.32. The molecule has 0 bridgehead atoms. The van der Waals surface area contributed by atoms with E-state index in [0.29, 0.717) is 5.56 Å². The van der Waals surface area contributed by atoms with Crippen LogP contribution in [0.3, 0.4) is 0 Å². The first kappa shape index (κ1) is 13.6. The lowest BCUT2D eigenvalue weighted by Gasteiger charge is -2.31. The molecule has 2 aromatic rings. The summed E-state index contributed by atoms with van der Waals surface area (Å²) in [6, 6.07) is 12.5. The van der Waals surface area contributed by atoms with Crippen molar-refractivity contribution >= 4 is 21.6 Å². The Kier molecular flexibility index (Phi) is 3.76. The van der Waals surface area contributed by atoms with E-state index < -0.39 is 6.10 Å². The number of hydrogen-bond donors (Lipinski definition) is 2. The quantitative estimate of drug-likeness (QED) is 0.867. The average Bonchev–Trinajstić information content (AvgIpc) is 2.48. The first-order valence-electron chi connectivity index (χ1n) is 6.62. The third-order valence-electron chi connectivity index (χ3n) is 3.74. The van der Waals surface area contributed by atoms with E-state index in [4.69, 9.17) is 0 Å². The molecule has 0 fully saturated rings. The molecular formula is C16H15BrFNO. The maximum Gasteiger partial charge on any atom is 0.129 e. The number of benzene rings is 2. The Balaban J connectivity index is 1.85. The zero-order valence-electron chi connectivity index (χ0n) is 10.8. The van der Waals surface area contributed by atoms with Gasteiger partial charge in [-0.15, -0.1) is 0 Å². The fourth-order valence-electron chi connectivity index (χ4n) is 2.66. The van der Waals surface area contributed by atoms with Crippen LogP contribution in [-0.4, -0.2) is 11.1 Å². The molecule has 0 amide bonds. The lowest BCUT2D eigenvalue weighted by Crippen LogP contribution is -2.32. The molecule has 3 rings (SSSR count). The summed E-state index contributed by atoms with van der Waals surface area (Å²) in [5.74, 6) is -0.374. The van der Waals surface area contributed by atoms with Crippen molar-refractivity contribution in [1.29, 1.82) is 0 Å². The van der Waals surface area contributed by atoms with Gasteiger partial charge in [0.1, 0.15) is 11.9 Å². The molecule has 0 radical (unpaired) electrons. The van der Waals surface area contributed by atoms with Gasteiger partial charge in [0.25, 0.3) is 0 Å². The smallest absolute Gasteiger partial charge is 0.129 e. The summed E-state index contributed by atoms with van der Waals surface area (Å²) >= 11 is 3.32. The van der Waals surface area contributed by atoms with Gasteiger partial charge in [-0.3, -0.25) is 0 Å². The summed E-state index contributed by atoms with van der Waals surface area (Å²) < 4.78 is 14.6. The summed E-state index contributed by atoms with van der Waals surface area (Å²) in [5, 5.41) is 13.8. The Labute approximate surface area is 125 Å². The Morgan fingerprint density at radius 3 is 2.90 bits per heavy atom. The molecule has 2 N–H and O–H groups in total.